The molecule has 5 aromatic carbocycles. The molecule has 0 aliphatic heterocycles. The molecule has 7 rings (SSSR count). The monoisotopic (exact) mass is 502 g/mol. The van der Waals surface area contributed by atoms with Gasteiger partial charge in [0, 0.05) is 40.8 Å². The summed E-state index contributed by atoms with van der Waals surface area (Å²) < 4.78 is 2.40. The topological polar surface area (TPSA) is 8.17 Å². The maximum atomic E-state index is 2.43. The third-order valence-electron chi connectivity index (χ3n) is 7.92. The van der Waals surface area contributed by atoms with Crippen LogP contribution in [0.15, 0.2) is 146 Å². The zero-order valence-electron chi connectivity index (χ0n) is 22.0. The standard InChI is InChI=1S/C37H30N2/c1-38(31-16-7-3-8-17-31)33-21-23-37-35(26-33)34-25-30(20-22-36(34)39(37)32-18-9-4-10-19-32)29-15-11-14-28(24-29)27-12-5-2-6-13-27/h2-14,16-26,29H,15H2,1H3. The molecule has 0 fully saturated rings. The number of hydrogen-bond acceptors (Lipinski definition) is 1. The lowest BCUT2D eigenvalue weighted by molar-refractivity contribution is 0.859. The molecule has 6 aromatic rings. The molecule has 0 spiro atoms. The Bertz CT molecular complexity index is 1830. The van der Waals surface area contributed by atoms with Gasteiger partial charge in [-0.25, -0.2) is 0 Å². The first-order valence-electron chi connectivity index (χ1n) is 13.6. The summed E-state index contributed by atoms with van der Waals surface area (Å²) in [6.45, 7) is 0. The van der Waals surface area contributed by atoms with Gasteiger partial charge < -0.3 is 9.47 Å². The van der Waals surface area contributed by atoms with E-state index in [9.17, 15) is 0 Å². The van der Waals surface area contributed by atoms with Crippen LogP contribution in [0, 0.1) is 0 Å². The third-order valence-corrected chi connectivity index (χ3v) is 7.92. The Kier molecular flexibility index (Phi) is 5.86. The van der Waals surface area contributed by atoms with Crippen molar-refractivity contribution in [3.8, 4) is 5.69 Å². The molecule has 0 amide bonds. The van der Waals surface area contributed by atoms with Gasteiger partial charge in [0.1, 0.15) is 0 Å². The highest BCUT2D eigenvalue weighted by atomic mass is 15.1. The lowest BCUT2D eigenvalue weighted by atomic mass is 9.87. The van der Waals surface area contributed by atoms with Gasteiger partial charge >= 0.3 is 0 Å². The second kappa shape index (κ2) is 9.81. The number of hydrogen-bond donors (Lipinski definition) is 0. The summed E-state index contributed by atoms with van der Waals surface area (Å²) in [7, 11) is 2.14. The number of benzene rings is 5. The van der Waals surface area contributed by atoms with Crippen LogP contribution in [-0.2, 0) is 0 Å². The van der Waals surface area contributed by atoms with Crippen molar-refractivity contribution < 1.29 is 0 Å². The first-order valence-corrected chi connectivity index (χ1v) is 13.6. The number of fused-ring (bicyclic) bond motifs is 3. The molecule has 1 aromatic heterocycles. The van der Waals surface area contributed by atoms with Gasteiger partial charge in [0.25, 0.3) is 0 Å². The molecule has 188 valence electrons. The molecule has 0 saturated carbocycles. The number of rotatable bonds is 5. The van der Waals surface area contributed by atoms with E-state index in [1.165, 1.54) is 55.6 Å². The van der Waals surface area contributed by atoms with Crippen LogP contribution in [0.1, 0.15) is 23.5 Å². The summed E-state index contributed by atoms with van der Waals surface area (Å²) in [5.74, 6) is 0.347. The van der Waals surface area contributed by atoms with E-state index in [0.717, 1.165) is 6.42 Å². The summed E-state index contributed by atoms with van der Waals surface area (Å²) in [4.78, 5) is 2.26. The maximum Gasteiger partial charge on any atom is 0.0542 e. The van der Waals surface area contributed by atoms with Crippen LogP contribution >= 0.6 is 0 Å². The number of allylic oxidation sites excluding steroid dienone is 4. The summed E-state index contributed by atoms with van der Waals surface area (Å²) in [6.07, 6.45) is 8.03. The second-order valence-corrected chi connectivity index (χ2v) is 10.3. The largest absolute Gasteiger partial charge is 0.345 e. The van der Waals surface area contributed by atoms with E-state index in [-0.39, 0.29) is 0 Å². The summed E-state index contributed by atoms with van der Waals surface area (Å²) >= 11 is 0. The number of para-hydroxylation sites is 2. The molecule has 0 N–H and O–H groups in total. The lowest BCUT2D eigenvalue weighted by Crippen LogP contribution is -2.08. The average molecular weight is 503 g/mol. The molecule has 1 unspecified atom stereocenters. The van der Waals surface area contributed by atoms with Crippen LogP contribution in [0.2, 0.25) is 0 Å². The van der Waals surface area contributed by atoms with E-state index in [1.54, 1.807) is 0 Å². The Morgan fingerprint density at radius 2 is 1.28 bits per heavy atom. The van der Waals surface area contributed by atoms with Crippen LogP contribution < -0.4 is 4.90 Å². The Hall–Kier alpha value is -4.82. The molecular weight excluding hydrogens is 472 g/mol. The van der Waals surface area contributed by atoms with Gasteiger partial charge in [-0.05, 0) is 77.7 Å². The van der Waals surface area contributed by atoms with Crippen molar-refractivity contribution in [2.24, 2.45) is 0 Å². The predicted octanol–water partition coefficient (Wildman–Crippen LogP) is 9.68. The van der Waals surface area contributed by atoms with Crippen molar-refractivity contribution >= 4 is 38.8 Å². The predicted molar refractivity (Wildman–Crippen MR) is 166 cm³/mol. The van der Waals surface area contributed by atoms with E-state index < -0.39 is 0 Å². The lowest BCUT2D eigenvalue weighted by Gasteiger charge is -2.20. The Morgan fingerprint density at radius 3 is 2.03 bits per heavy atom. The van der Waals surface area contributed by atoms with Crippen LogP contribution in [-0.4, -0.2) is 11.6 Å². The number of anilines is 2. The number of aromatic nitrogens is 1. The molecule has 1 heterocycles. The highest BCUT2D eigenvalue weighted by Gasteiger charge is 2.18. The van der Waals surface area contributed by atoms with Gasteiger partial charge in [0.15, 0.2) is 0 Å². The van der Waals surface area contributed by atoms with Crippen molar-refractivity contribution in [3.05, 3.63) is 157 Å². The third kappa shape index (κ3) is 4.24. The van der Waals surface area contributed by atoms with Crippen LogP contribution in [0.3, 0.4) is 0 Å². The maximum absolute atomic E-state index is 2.43. The van der Waals surface area contributed by atoms with E-state index in [1.807, 2.05) is 0 Å². The SMILES string of the molecule is CN(c1ccccc1)c1ccc2c(c1)c1cc(C3C=C(c4ccccc4)C=CC3)ccc1n2-c1ccccc1. The zero-order chi connectivity index (χ0) is 26.2. The normalized spacial score (nSPS) is 15.0. The molecular formula is C37H30N2. The fourth-order valence-corrected chi connectivity index (χ4v) is 5.86. The minimum atomic E-state index is 0.347. The van der Waals surface area contributed by atoms with Crippen molar-refractivity contribution in [2.45, 2.75) is 12.3 Å². The Morgan fingerprint density at radius 1 is 0.641 bits per heavy atom. The van der Waals surface area contributed by atoms with Crippen LogP contribution in [0.5, 0.6) is 0 Å². The van der Waals surface area contributed by atoms with Gasteiger partial charge in [-0.2, -0.15) is 0 Å². The van der Waals surface area contributed by atoms with Crippen LogP contribution in [0.25, 0.3) is 33.1 Å². The van der Waals surface area contributed by atoms with Crippen molar-refractivity contribution in [1.29, 1.82) is 0 Å². The van der Waals surface area contributed by atoms with E-state index in [4.69, 9.17) is 0 Å². The van der Waals surface area contributed by atoms with E-state index in [2.05, 4.69) is 162 Å². The average Bonchev–Trinajstić information content (AvgIpc) is 3.35. The molecule has 2 nitrogen and oxygen atoms in total. The molecule has 0 bridgehead atoms. The van der Waals surface area contributed by atoms with Gasteiger partial charge in [0.05, 0.1) is 11.0 Å². The minimum absolute atomic E-state index is 0.347. The Balaban J connectivity index is 1.39. The summed E-state index contributed by atoms with van der Waals surface area (Å²) in [5.41, 5.74) is 9.92. The highest BCUT2D eigenvalue weighted by Crippen LogP contribution is 2.39. The zero-order valence-corrected chi connectivity index (χ0v) is 22.0. The van der Waals surface area contributed by atoms with Crippen molar-refractivity contribution in [1.82, 2.24) is 4.57 Å². The fraction of sp³-hybridized carbons (Fsp3) is 0.0811. The van der Waals surface area contributed by atoms with Gasteiger partial charge in [0.2, 0.25) is 0 Å². The van der Waals surface area contributed by atoms with E-state index >= 15 is 0 Å². The number of nitrogens with zero attached hydrogens (tertiary/aromatic N) is 2. The minimum Gasteiger partial charge on any atom is -0.345 e. The molecule has 1 aliphatic carbocycles. The van der Waals surface area contributed by atoms with Gasteiger partial charge in [-0.15, -0.1) is 0 Å². The molecule has 0 radical (unpaired) electrons. The van der Waals surface area contributed by atoms with E-state index in [0.29, 0.717) is 5.92 Å². The summed E-state index contributed by atoms with van der Waals surface area (Å²) in [5, 5.41) is 2.56. The Labute approximate surface area is 229 Å². The molecule has 1 atom stereocenters. The quantitative estimate of drug-likeness (QED) is 0.228. The molecule has 2 heteroatoms. The van der Waals surface area contributed by atoms with Gasteiger partial charge in [-0.1, -0.05) is 91.0 Å². The highest BCUT2D eigenvalue weighted by molar-refractivity contribution is 6.10. The van der Waals surface area contributed by atoms with Crippen molar-refractivity contribution in [2.75, 3.05) is 11.9 Å². The fourth-order valence-electron chi connectivity index (χ4n) is 5.86. The molecule has 39 heavy (non-hydrogen) atoms. The smallest absolute Gasteiger partial charge is 0.0542 e. The molecule has 0 saturated heterocycles. The van der Waals surface area contributed by atoms with Crippen LogP contribution in [0.4, 0.5) is 11.4 Å². The van der Waals surface area contributed by atoms with Gasteiger partial charge in [-0.3, -0.25) is 0 Å². The summed E-state index contributed by atoms with van der Waals surface area (Å²) in [6, 6.07) is 45.8. The first kappa shape index (κ1) is 23.3. The van der Waals surface area contributed by atoms with Crippen molar-refractivity contribution in [3.63, 3.8) is 0 Å². The second-order valence-electron chi connectivity index (χ2n) is 10.3. The first-order chi connectivity index (χ1) is 19.3. The molecule has 1 aliphatic rings.